The quantitative estimate of drug-likeness (QED) is 0.283. The van der Waals surface area contributed by atoms with Crippen LogP contribution in [-0.4, -0.2) is 9.51 Å². The molecule has 7 aromatic rings. The lowest BCUT2D eigenvalue weighted by Crippen LogP contribution is -1.79. The lowest BCUT2D eigenvalue weighted by Gasteiger charge is -2.04. The molecule has 0 aliphatic carbocycles. The highest BCUT2D eigenvalue weighted by Gasteiger charge is 2.22. The van der Waals surface area contributed by atoms with Crippen molar-refractivity contribution in [2.24, 2.45) is 0 Å². The summed E-state index contributed by atoms with van der Waals surface area (Å²) in [5.74, 6) is 0.289. The number of thiophene rings is 1. The molecule has 2 nitrogen and oxygen atoms in total. The van der Waals surface area contributed by atoms with E-state index in [9.17, 15) is 5.11 Å². The van der Waals surface area contributed by atoms with Crippen molar-refractivity contribution < 1.29 is 5.11 Å². The average molecular weight is 424 g/mol. The van der Waals surface area contributed by atoms with Crippen LogP contribution in [0.15, 0.2) is 78.9 Å². The molecule has 0 bridgehead atoms. The summed E-state index contributed by atoms with van der Waals surface area (Å²) in [6.07, 6.45) is 0. The summed E-state index contributed by atoms with van der Waals surface area (Å²) in [6.45, 7) is 0. The maximum atomic E-state index is 10.2. The second-order valence-electron chi connectivity index (χ2n) is 7.75. The van der Waals surface area contributed by atoms with Crippen molar-refractivity contribution >= 4 is 70.4 Å². The maximum absolute atomic E-state index is 10.2. The van der Waals surface area contributed by atoms with Crippen LogP contribution in [0.1, 0.15) is 0 Å². The number of aromatic nitrogens is 1. The Morgan fingerprint density at radius 1 is 0.733 bits per heavy atom. The van der Waals surface area contributed by atoms with Crippen LogP contribution in [0.4, 0.5) is 0 Å². The monoisotopic (exact) mass is 423 g/mol. The van der Waals surface area contributed by atoms with E-state index in [1.54, 1.807) is 17.4 Å². The lowest BCUT2D eigenvalue weighted by atomic mass is 9.99. The standard InChI is InChI=1S/C26H14ClNOS/c27-16-6-8-18-23(12-16)30-26-24(18)21-11-15(14-4-2-1-3-5-14)10-20-19-13-17(29)7-9-22(19)28(26)25(20)21/h1-13,29H. The Hall–Kier alpha value is -3.27. The molecule has 7 rings (SSSR count). The van der Waals surface area contributed by atoms with Gasteiger partial charge in [-0.25, -0.2) is 0 Å². The van der Waals surface area contributed by atoms with E-state index in [0.717, 1.165) is 15.9 Å². The van der Waals surface area contributed by atoms with Crippen LogP contribution in [0.25, 0.3) is 58.6 Å². The Bertz CT molecular complexity index is 1760. The first-order valence-corrected chi connectivity index (χ1v) is 11.0. The highest BCUT2D eigenvalue weighted by molar-refractivity contribution is 7.25. The smallest absolute Gasteiger partial charge is 0.116 e. The van der Waals surface area contributed by atoms with E-state index in [1.165, 1.54) is 47.7 Å². The zero-order valence-corrected chi connectivity index (χ0v) is 17.3. The molecule has 1 N–H and O–H groups in total. The fraction of sp³-hybridized carbons (Fsp3) is 0. The van der Waals surface area contributed by atoms with Crippen LogP contribution >= 0.6 is 22.9 Å². The molecule has 4 aromatic carbocycles. The predicted octanol–water partition coefficient (Wildman–Crippen LogP) is 8.08. The van der Waals surface area contributed by atoms with Crippen molar-refractivity contribution in [2.75, 3.05) is 0 Å². The topological polar surface area (TPSA) is 24.6 Å². The molecular weight excluding hydrogens is 410 g/mol. The van der Waals surface area contributed by atoms with Gasteiger partial charge in [0.05, 0.1) is 11.0 Å². The van der Waals surface area contributed by atoms with Gasteiger partial charge in [0.25, 0.3) is 0 Å². The molecule has 0 saturated carbocycles. The largest absolute Gasteiger partial charge is 0.508 e. The second-order valence-corrected chi connectivity index (χ2v) is 9.21. The Kier molecular flexibility index (Phi) is 3.12. The summed E-state index contributed by atoms with van der Waals surface area (Å²) < 4.78 is 3.54. The van der Waals surface area contributed by atoms with Crippen molar-refractivity contribution in [3.05, 3.63) is 83.9 Å². The van der Waals surface area contributed by atoms with Gasteiger partial charge in [-0.3, -0.25) is 4.40 Å². The number of aromatic hydroxyl groups is 1. The van der Waals surface area contributed by atoms with Crippen LogP contribution in [0, 0.1) is 0 Å². The number of phenolic OH excluding ortho intramolecular Hbond substituents is 1. The first kappa shape index (κ1) is 16.5. The first-order chi connectivity index (χ1) is 14.7. The van der Waals surface area contributed by atoms with E-state index in [2.05, 4.69) is 52.9 Å². The van der Waals surface area contributed by atoms with Gasteiger partial charge in [-0.05, 0) is 53.6 Å². The summed E-state index contributed by atoms with van der Waals surface area (Å²) >= 11 is 8.06. The van der Waals surface area contributed by atoms with Gasteiger partial charge < -0.3 is 5.11 Å². The molecular formula is C26H14ClNOS. The second kappa shape index (κ2) is 5.66. The van der Waals surface area contributed by atoms with E-state index < -0.39 is 0 Å². The third-order valence-electron chi connectivity index (χ3n) is 6.06. The van der Waals surface area contributed by atoms with Crippen LogP contribution in [0.3, 0.4) is 0 Å². The molecule has 0 saturated heterocycles. The first-order valence-electron chi connectivity index (χ1n) is 9.78. The molecule has 30 heavy (non-hydrogen) atoms. The number of hydrogen-bond acceptors (Lipinski definition) is 2. The molecule has 0 aliphatic heterocycles. The predicted molar refractivity (Wildman–Crippen MR) is 129 cm³/mol. The van der Waals surface area contributed by atoms with E-state index in [-0.39, 0.29) is 5.75 Å². The molecule has 0 fully saturated rings. The van der Waals surface area contributed by atoms with E-state index >= 15 is 0 Å². The lowest BCUT2D eigenvalue weighted by molar-refractivity contribution is 0.476. The van der Waals surface area contributed by atoms with Crippen LogP contribution < -0.4 is 0 Å². The number of hydrogen-bond donors (Lipinski definition) is 1. The number of fused-ring (bicyclic) bond motifs is 8. The SMILES string of the molecule is Oc1ccc2c(c1)c1cc(-c3ccccc3)cc3c4c5ccc(Cl)cc5sc4n2c13. The van der Waals surface area contributed by atoms with Crippen molar-refractivity contribution in [3.8, 4) is 16.9 Å². The molecule has 3 heterocycles. The van der Waals surface area contributed by atoms with Crippen LogP contribution in [-0.2, 0) is 0 Å². The molecule has 0 aliphatic rings. The normalized spacial score (nSPS) is 12.3. The molecule has 142 valence electrons. The summed E-state index contributed by atoms with van der Waals surface area (Å²) in [5, 5.41) is 16.9. The molecule has 0 spiro atoms. The average Bonchev–Trinajstić information content (AvgIpc) is 3.38. The minimum atomic E-state index is 0.289. The van der Waals surface area contributed by atoms with E-state index in [4.69, 9.17) is 11.6 Å². The minimum Gasteiger partial charge on any atom is -0.508 e. The summed E-state index contributed by atoms with van der Waals surface area (Å²) in [6, 6.07) is 26.8. The number of nitrogens with zero attached hydrogens (tertiary/aromatic N) is 1. The number of rotatable bonds is 1. The third kappa shape index (κ3) is 2.03. The zero-order valence-electron chi connectivity index (χ0n) is 15.7. The highest BCUT2D eigenvalue weighted by atomic mass is 35.5. The van der Waals surface area contributed by atoms with Crippen LogP contribution in [0.2, 0.25) is 5.02 Å². The van der Waals surface area contributed by atoms with Gasteiger partial charge in [0.1, 0.15) is 10.6 Å². The van der Waals surface area contributed by atoms with E-state index in [1.807, 2.05) is 24.3 Å². The van der Waals surface area contributed by atoms with Crippen LogP contribution in [0.5, 0.6) is 5.75 Å². The van der Waals surface area contributed by atoms with Gasteiger partial charge in [-0.2, -0.15) is 0 Å². The van der Waals surface area contributed by atoms with Gasteiger partial charge in [-0.15, -0.1) is 11.3 Å². The molecule has 0 amide bonds. The number of halogens is 1. The van der Waals surface area contributed by atoms with Gasteiger partial charge in [0, 0.05) is 36.7 Å². The molecule has 4 heteroatoms. The molecule has 0 unspecified atom stereocenters. The number of phenols is 1. The Labute approximate surface area is 180 Å². The minimum absolute atomic E-state index is 0.289. The molecule has 0 radical (unpaired) electrons. The Morgan fingerprint density at radius 3 is 2.43 bits per heavy atom. The molecule has 3 aromatic heterocycles. The van der Waals surface area contributed by atoms with Gasteiger partial charge in [0.15, 0.2) is 0 Å². The van der Waals surface area contributed by atoms with E-state index in [0.29, 0.717) is 0 Å². The van der Waals surface area contributed by atoms with Crippen molar-refractivity contribution in [1.82, 2.24) is 4.40 Å². The third-order valence-corrected chi connectivity index (χ3v) is 7.43. The number of benzene rings is 4. The fourth-order valence-electron chi connectivity index (χ4n) is 4.81. The summed E-state index contributed by atoms with van der Waals surface area (Å²) in [7, 11) is 0. The van der Waals surface area contributed by atoms with Gasteiger partial charge >= 0.3 is 0 Å². The zero-order chi connectivity index (χ0) is 20.0. The fourth-order valence-corrected chi connectivity index (χ4v) is 6.32. The summed E-state index contributed by atoms with van der Waals surface area (Å²) in [4.78, 5) is 1.22. The van der Waals surface area contributed by atoms with Gasteiger partial charge in [0.2, 0.25) is 0 Å². The van der Waals surface area contributed by atoms with Gasteiger partial charge in [-0.1, -0.05) is 48.0 Å². The van der Waals surface area contributed by atoms with Crippen molar-refractivity contribution in [1.29, 1.82) is 0 Å². The molecule has 0 atom stereocenters. The Balaban J connectivity index is 1.78. The Morgan fingerprint density at radius 2 is 1.57 bits per heavy atom. The summed E-state index contributed by atoms with van der Waals surface area (Å²) in [5.41, 5.74) is 4.70. The maximum Gasteiger partial charge on any atom is 0.116 e. The van der Waals surface area contributed by atoms with Crippen molar-refractivity contribution in [3.63, 3.8) is 0 Å². The highest BCUT2D eigenvalue weighted by Crippen LogP contribution is 2.47. The van der Waals surface area contributed by atoms with Crippen molar-refractivity contribution in [2.45, 2.75) is 0 Å².